The van der Waals surface area contributed by atoms with Crippen molar-refractivity contribution in [3.05, 3.63) is 47.0 Å². The van der Waals surface area contributed by atoms with Crippen LogP contribution in [-0.4, -0.2) is 84.1 Å². The van der Waals surface area contributed by atoms with E-state index >= 15 is 0 Å². The van der Waals surface area contributed by atoms with Crippen molar-refractivity contribution in [2.75, 3.05) is 74.3 Å². The number of methoxy groups -OCH3 is 2. The summed E-state index contributed by atoms with van der Waals surface area (Å²) in [5.74, 6) is 3.09. The third kappa shape index (κ3) is 6.56. The zero-order valence-electron chi connectivity index (χ0n) is 21.6. The van der Waals surface area contributed by atoms with Gasteiger partial charge in [0.25, 0.3) is 0 Å². The van der Waals surface area contributed by atoms with Gasteiger partial charge in [0.15, 0.2) is 23.0 Å². The van der Waals surface area contributed by atoms with Gasteiger partial charge in [0.1, 0.15) is 13.2 Å². The highest BCUT2D eigenvalue weighted by Gasteiger charge is 2.25. The minimum Gasteiger partial charge on any atom is -0.493 e. The molecule has 0 amide bonds. The average molecular weight is 472 g/mol. The van der Waals surface area contributed by atoms with Crippen LogP contribution in [-0.2, 0) is 6.42 Å². The fourth-order valence-corrected chi connectivity index (χ4v) is 4.28. The lowest BCUT2D eigenvalue weighted by Crippen LogP contribution is -2.31. The highest BCUT2D eigenvalue weighted by atomic mass is 16.5. The molecule has 0 aromatic heterocycles. The molecule has 0 bridgehead atoms. The van der Waals surface area contributed by atoms with Crippen molar-refractivity contribution in [2.24, 2.45) is 0 Å². The van der Waals surface area contributed by atoms with Gasteiger partial charge in [-0.3, -0.25) is 0 Å². The van der Waals surface area contributed by atoms with Gasteiger partial charge in [0, 0.05) is 19.6 Å². The largest absolute Gasteiger partial charge is 0.493 e. The van der Waals surface area contributed by atoms with E-state index < -0.39 is 0 Å². The molecule has 34 heavy (non-hydrogen) atoms. The molecular weight excluding hydrogens is 430 g/mol. The normalized spacial score (nSPS) is 15.4. The van der Waals surface area contributed by atoms with Crippen LogP contribution in [0.5, 0.6) is 23.0 Å². The Balaban J connectivity index is 1.82. The molecule has 0 aliphatic carbocycles. The third-order valence-electron chi connectivity index (χ3n) is 6.36. The first-order chi connectivity index (χ1) is 16.5. The summed E-state index contributed by atoms with van der Waals surface area (Å²) in [6.45, 7) is 10.3. The van der Waals surface area contributed by atoms with Gasteiger partial charge >= 0.3 is 0 Å². The molecule has 7 heteroatoms. The van der Waals surface area contributed by atoms with Crippen molar-refractivity contribution in [1.29, 1.82) is 0 Å². The second kappa shape index (κ2) is 12.8. The highest BCUT2D eigenvalue weighted by molar-refractivity contribution is 5.53. The number of hydrogen-bond acceptors (Lipinski definition) is 7. The summed E-state index contributed by atoms with van der Waals surface area (Å²) >= 11 is 0. The van der Waals surface area contributed by atoms with Crippen LogP contribution < -0.4 is 24.3 Å². The molecule has 1 heterocycles. The number of ether oxygens (including phenoxy) is 4. The fraction of sp³-hybridized carbons (Fsp3) is 0.556. The molecule has 1 unspecified atom stereocenters. The van der Waals surface area contributed by atoms with E-state index in [1.807, 2.05) is 20.2 Å². The minimum absolute atomic E-state index is 0.0458. The number of nitrogens with one attached hydrogen (secondary N) is 1. The van der Waals surface area contributed by atoms with Crippen LogP contribution in [0.2, 0.25) is 0 Å². The Hall–Kier alpha value is -2.48. The van der Waals surface area contributed by atoms with Crippen molar-refractivity contribution >= 4 is 0 Å². The highest BCUT2D eigenvalue weighted by Crippen LogP contribution is 2.39. The predicted molar refractivity (Wildman–Crippen MR) is 137 cm³/mol. The predicted octanol–water partition coefficient (Wildman–Crippen LogP) is 3.60. The molecule has 1 aliphatic heterocycles. The lowest BCUT2D eigenvalue weighted by Gasteiger charge is -2.29. The van der Waals surface area contributed by atoms with E-state index in [0.717, 1.165) is 67.7 Å². The lowest BCUT2D eigenvalue weighted by atomic mass is 9.89. The molecule has 7 nitrogen and oxygen atoms in total. The van der Waals surface area contributed by atoms with Crippen molar-refractivity contribution in [1.82, 2.24) is 15.1 Å². The Morgan fingerprint density at radius 3 is 2.21 bits per heavy atom. The summed E-state index contributed by atoms with van der Waals surface area (Å²) in [5, 5.41) is 3.67. The smallest absolute Gasteiger partial charge is 0.161 e. The summed E-state index contributed by atoms with van der Waals surface area (Å²) in [7, 11) is 7.47. The van der Waals surface area contributed by atoms with Gasteiger partial charge < -0.3 is 34.1 Å². The van der Waals surface area contributed by atoms with Crippen LogP contribution in [0.4, 0.5) is 0 Å². The van der Waals surface area contributed by atoms with Gasteiger partial charge in [-0.15, -0.1) is 0 Å². The van der Waals surface area contributed by atoms with E-state index in [2.05, 4.69) is 53.2 Å². The molecule has 0 saturated carbocycles. The van der Waals surface area contributed by atoms with Gasteiger partial charge in [0.05, 0.1) is 20.3 Å². The second-order valence-electron chi connectivity index (χ2n) is 8.78. The number of rotatable bonds is 13. The third-order valence-corrected chi connectivity index (χ3v) is 6.36. The Morgan fingerprint density at radius 1 is 0.853 bits per heavy atom. The molecule has 188 valence electrons. The molecule has 0 radical (unpaired) electrons. The fourth-order valence-electron chi connectivity index (χ4n) is 4.28. The van der Waals surface area contributed by atoms with Crippen LogP contribution in [0.25, 0.3) is 0 Å². The Labute approximate surface area is 204 Å². The zero-order valence-corrected chi connectivity index (χ0v) is 21.6. The Kier molecular flexibility index (Phi) is 9.86. The molecule has 1 aliphatic rings. The van der Waals surface area contributed by atoms with Crippen LogP contribution in [0.1, 0.15) is 36.6 Å². The van der Waals surface area contributed by atoms with Gasteiger partial charge in [0.2, 0.25) is 0 Å². The van der Waals surface area contributed by atoms with Gasteiger partial charge in [-0.25, -0.2) is 0 Å². The quantitative estimate of drug-likeness (QED) is 0.479. The van der Waals surface area contributed by atoms with Gasteiger partial charge in [-0.1, -0.05) is 19.9 Å². The molecular formula is C27H41N3O4. The second-order valence-corrected chi connectivity index (χ2v) is 8.78. The van der Waals surface area contributed by atoms with Gasteiger partial charge in [-0.05, 0) is 74.6 Å². The van der Waals surface area contributed by atoms with Crippen molar-refractivity contribution in [2.45, 2.75) is 26.3 Å². The van der Waals surface area contributed by atoms with E-state index in [1.165, 1.54) is 11.1 Å². The Morgan fingerprint density at radius 2 is 1.53 bits per heavy atom. The van der Waals surface area contributed by atoms with Crippen molar-refractivity contribution in [3.8, 4) is 23.0 Å². The van der Waals surface area contributed by atoms with E-state index in [4.69, 9.17) is 18.9 Å². The maximum atomic E-state index is 6.09. The summed E-state index contributed by atoms with van der Waals surface area (Å²) in [4.78, 5) is 4.45. The molecule has 1 N–H and O–H groups in total. The van der Waals surface area contributed by atoms with Crippen LogP contribution >= 0.6 is 0 Å². The minimum atomic E-state index is 0.0458. The van der Waals surface area contributed by atoms with Crippen LogP contribution in [0.3, 0.4) is 0 Å². The first-order valence-corrected chi connectivity index (χ1v) is 12.2. The van der Waals surface area contributed by atoms with Crippen molar-refractivity contribution < 1.29 is 18.9 Å². The lowest BCUT2D eigenvalue weighted by molar-refractivity contribution is 0.217. The van der Waals surface area contributed by atoms with E-state index in [9.17, 15) is 0 Å². The first kappa shape index (κ1) is 26.1. The molecule has 1 atom stereocenters. The topological polar surface area (TPSA) is 55.4 Å². The van der Waals surface area contributed by atoms with Crippen LogP contribution in [0.15, 0.2) is 30.3 Å². The summed E-state index contributed by atoms with van der Waals surface area (Å²) in [6.07, 6.45) is 0.948. The van der Waals surface area contributed by atoms with Gasteiger partial charge in [-0.2, -0.15) is 0 Å². The number of fused-ring (bicyclic) bond motifs is 1. The SMILES string of the molecule is CCN(CC)CCOc1ccc(C2NCCc3cc(OC)c(OCCN(C)C)cc32)cc1OC. The average Bonchev–Trinajstić information content (AvgIpc) is 2.85. The molecule has 2 aromatic rings. The number of hydrogen-bond donors (Lipinski definition) is 1. The van der Waals surface area contributed by atoms with E-state index in [-0.39, 0.29) is 6.04 Å². The Bertz CT molecular complexity index is 915. The maximum Gasteiger partial charge on any atom is 0.161 e. The zero-order chi connectivity index (χ0) is 24.5. The number of nitrogens with zero attached hydrogens (tertiary/aromatic N) is 2. The maximum absolute atomic E-state index is 6.09. The summed E-state index contributed by atoms with van der Waals surface area (Å²) in [6, 6.07) is 10.5. The van der Waals surface area contributed by atoms with E-state index in [0.29, 0.717) is 13.2 Å². The van der Waals surface area contributed by atoms with Crippen LogP contribution in [0, 0.1) is 0 Å². The number of likely N-dealkylation sites (N-methyl/N-ethyl adjacent to an activating group) is 2. The molecule has 2 aromatic carbocycles. The summed E-state index contributed by atoms with van der Waals surface area (Å²) in [5.41, 5.74) is 3.63. The molecule has 3 rings (SSSR count). The monoisotopic (exact) mass is 471 g/mol. The first-order valence-electron chi connectivity index (χ1n) is 12.2. The standard InChI is InChI=1S/C27H41N3O4/c1-7-30(8-2)14-16-33-23-10-9-21(18-24(23)31-5)27-22-19-26(34-15-13-29(3)4)25(32-6)17-20(22)11-12-28-27/h9-10,17-19,27-28H,7-8,11-16H2,1-6H3. The van der Waals surface area contributed by atoms with E-state index in [1.54, 1.807) is 14.2 Å². The summed E-state index contributed by atoms with van der Waals surface area (Å²) < 4.78 is 23.5. The molecule has 0 fully saturated rings. The molecule has 0 spiro atoms. The molecule has 0 saturated heterocycles. The van der Waals surface area contributed by atoms with Crippen molar-refractivity contribution in [3.63, 3.8) is 0 Å². The number of benzene rings is 2.